The largest absolute Gasteiger partial charge is 0.311 e. The first kappa shape index (κ1) is 23.2. The van der Waals surface area contributed by atoms with Gasteiger partial charge in [0.2, 0.25) is 0 Å². The average Bonchev–Trinajstić information content (AvgIpc) is 3.35. The SMILES string of the molecule is Cn1c(=O)c2c(c(=O)c3ccc(C(=O)CCCN4CCN(C5CCCCC5)CC4)cc31)C=CC2. The number of aromatic nitrogens is 1. The number of carbonyl (C=O) groups excluding carboxylic acids is 1. The third-order valence-electron chi connectivity index (χ3n) is 8.04. The lowest BCUT2D eigenvalue weighted by molar-refractivity contribution is 0.0769. The summed E-state index contributed by atoms with van der Waals surface area (Å²) in [6.07, 6.45) is 12.3. The van der Waals surface area contributed by atoms with Gasteiger partial charge in [0.25, 0.3) is 5.56 Å². The third-order valence-corrected chi connectivity index (χ3v) is 8.04. The van der Waals surface area contributed by atoms with Gasteiger partial charge in [0.1, 0.15) is 0 Å². The Morgan fingerprint density at radius 3 is 2.56 bits per heavy atom. The highest BCUT2D eigenvalue weighted by Crippen LogP contribution is 2.23. The van der Waals surface area contributed by atoms with Crippen LogP contribution in [0.3, 0.4) is 0 Å². The molecule has 3 aliphatic rings. The van der Waals surface area contributed by atoms with Crippen LogP contribution in [0, 0.1) is 0 Å². The van der Waals surface area contributed by atoms with E-state index in [4.69, 9.17) is 0 Å². The maximum atomic E-state index is 13.0. The van der Waals surface area contributed by atoms with Crippen molar-refractivity contribution in [3.8, 4) is 0 Å². The number of hydrogen-bond donors (Lipinski definition) is 0. The monoisotopic (exact) mass is 461 g/mol. The number of carbonyl (C=O) groups is 1. The summed E-state index contributed by atoms with van der Waals surface area (Å²) in [5.74, 6) is 0.0709. The fourth-order valence-electron chi connectivity index (χ4n) is 5.96. The van der Waals surface area contributed by atoms with E-state index >= 15 is 0 Å². The van der Waals surface area contributed by atoms with Crippen LogP contribution in [0.5, 0.6) is 0 Å². The standard InChI is InChI=1S/C28H35N3O3/c1-29-25-19-20(12-13-24(25)27(33)22-9-5-10-23(22)28(29)34)26(32)11-6-14-30-15-17-31(18-16-30)21-7-3-2-4-8-21/h5,9,12-13,19,21H,2-4,6-8,10-11,14-18H2,1H3. The highest BCUT2D eigenvalue weighted by molar-refractivity contribution is 5.99. The van der Waals surface area contributed by atoms with E-state index in [0.29, 0.717) is 40.4 Å². The van der Waals surface area contributed by atoms with Gasteiger partial charge in [-0.3, -0.25) is 19.3 Å². The molecule has 6 heteroatoms. The summed E-state index contributed by atoms with van der Waals surface area (Å²) in [6.45, 7) is 5.40. The second kappa shape index (κ2) is 9.96. The number of aryl methyl sites for hydroxylation is 1. The molecule has 34 heavy (non-hydrogen) atoms. The number of Topliss-reactive ketones (excluding diaryl/α,β-unsaturated/α-hetero) is 1. The molecule has 0 bridgehead atoms. The quantitative estimate of drug-likeness (QED) is 0.617. The Labute approximate surface area is 200 Å². The van der Waals surface area contributed by atoms with Crippen molar-refractivity contribution in [3.63, 3.8) is 0 Å². The van der Waals surface area contributed by atoms with Crippen LogP contribution in [0.2, 0.25) is 0 Å². The molecular weight excluding hydrogens is 426 g/mol. The first-order chi connectivity index (χ1) is 16.5. The summed E-state index contributed by atoms with van der Waals surface area (Å²) in [5.41, 5.74) is 1.83. The molecule has 1 aliphatic heterocycles. The van der Waals surface area contributed by atoms with E-state index in [1.165, 1.54) is 36.7 Å². The van der Waals surface area contributed by atoms with Gasteiger partial charge in [-0.2, -0.15) is 0 Å². The predicted molar refractivity (Wildman–Crippen MR) is 137 cm³/mol. The predicted octanol–water partition coefficient (Wildman–Crippen LogP) is 3.38. The van der Waals surface area contributed by atoms with Crippen LogP contribution >= 0.6 is 0 Å². The smallest absolute Gasteiger partial charge is 0.255 e. The molecule has 2 heterocycles. The highest BCUT2D eigenvalue weighted by Gasteiger charge is 2.25. The molecular formula is C28H35N3O3. The van der Waals surface area contributed by atoms with E-state index in [-0.39, 0.29) is 16.8 Å². The van der Waals surface area contributed by atoms with Crippen LogP contribution in [-0.2, 0) is 13.5 Å². The molecule has 1 aromatic heterocycles. The molecule has 0 unspecified atom stereocenters. The van der Waals surface area contributed by atoms with Gasteiger partial charge in [0.05, 0.1) is 5.52 Å². The van der Waals surface area contributed by atoms with Crippen LogP contribution in [0.15, 0.2) is 33.9 Å². The Morgan fingerprint density at radius 1 is 1.03 bits per heavy atom. The van der Waals surface area contributed by atoms with Gasteiger partial charge in [0.15, 0.2) is 11.2 Å². The number of ketones is 1. The van der Waals surface area contributed by atoms with Gasteiger partial charge in [-0.25, -0.2) is 0 Å². The molecule has 2 aromatic rings. The molecule has 1 saturated heterocycles. The van der Waals surface area contributed by atoms with Crippen molar-refractivity contribution in [2.45, 2.75) is 57.4 Å². The minimum absolute atomic E-state index is 0.0709. The molecule has 0 amide bonds. The Bertz CT molecular complexity index is 1230. The van der Waals surface area contributed by atoms with Crippen molar-refractivity contribution in [3.05, 3.63) is 61.5 Å². The molecule has 0 spiro atoms. The van der Waals surface area contributed by atoms with E-state index in [9.17, 15) is 14.4 Å². The van der Waals surface area contributed by atoms with Crippen molar-refractivity contribution in [2.75, 3.05) is 32.7 Å². The Kier molecular flexibility index (Phi) is 6.79. The van der Waals surface area contributed by atoms with Crippen LogP contribution < -0.4 is 11.0 Å². The number of piperazine rings is 1. The van der Waals surface area contributed by atoms with Crippen molar-refractivity contribution in [1.82, 2.24) is 14.4 Å². The fourth-order valence-corrected chi connectivity index (χ4v) is 5.96. The van der Waals surface area contributed by atoms with Crippen LogP contribution in [0.4, 0.5) is 0 Å². The van der Waals surface area contributed by atoms with Crippen LogP contribution in [0.1, 0.15) is 66.4 Å². The number of allylic oxidation sites excluding steroid dienone is 1. The van der Waals surface area contributed by atoms with E-state index < -0.39 is 0 Å². The van der Waals surface area contributed by atoms with Gasteiger partial charge < -0.3 is 9.47 Å². The number of rotatable bonds is 6. The van der Waals surface area contributed by atoms with Crippen molar-refractivity contribution >= 4 is 22.8 Å². The molecule has 5 rings (SSSR count). The van der Waals surface area contributed by atoms with Gasteiger partial charge >= 0.3 is 0 Å². The first-order valence-corrected chi connectivity index (χ1v) is 12.9. The molecule has 180 valence electrons. The van der Waals surface area contributed by atoms with Crippen LogP contribution in [-0.4, -0.2) is 58.9 Å². The molecule has 0 radical (unpaired) electrons. The summed E-state index contributed by atoms with van der Waals surface area (Å²) < 4.78 is 1.52. The fraction of sp³-hybridized carbons (Fsp3) is 0.536. The molecule has 2 fully saturated rings. The Hall–Kier alpha value is -2.57. The molecule has 6 nitrogen and oxygen atoms in total. The molecule has 2 aliphatic carbocycles. The summed E-state index contributed by atoms with van der Waals surface area (Å²) in [4.78, 5) is 44.0. The summed E-state index contributed by atoms with van der Waals surface area (Å²) in [7, 11) is 1.68. The Balaban J connectivity index is 1.21. The Morgan fingerprint density at radius 2 is 1.79 bits per heavy atom. The van der Waals surface area contributed by atoms with Crippen molar-refractivity contribution in [2.24, 2.45) is 7.05 Å². The van der Waals surface area contributed by atoms with E-state index in [1.54, 1.807) is 31.3 Å². The molecule has 1 aromatic carbocycles. The van der Waals surface area contributed by atoms with Gasteiger partial charge in [-0.05, 0) is 44.4 Å². The lowest BCUT2D eigenvalue weighted by Crippen LogP contribution is -2.50. The van der Waals surface area contributed by atoms with Gasteiger partial charge in [-0.15, -0.1) is 0 Å². The van der Waals surface area contributed by atoms with Crippen molar-refractivity contribution < 1.29 is 4.79 Å². The number of hydrogen-bond acceptors (Lipinski definition) is 5. The maximum absolute atomic E-state index is 13.0. The average molecular weight is 462 g/mol. The molecule has 0 atom stereocenters. The molecule has 0 N–H and O–H groups in total. The highest BCUT2D eigenvalue weighted by atomic mass is 16.1. The lowest BCUT2D eigenvalue weighted by Gasteiger charge is -2.40. The topological polar surface area (TPSA) is 62.6 Å². The zero-order valence-electron chi connectivity index (χ0n) is 20.2. The maximum Gasteiger partial charge on any atom is 0.255 e. The second-order valence-corrected chi connectivity index (χ2v) is 10.1. The van der Waals surface area contributed by atoms with Crippen LogP contribution in [0.25, 0.3) is 17.0 Å². The van der Waals surface area contributed by atoms with E-state index in [2.05, 4.69) is 9.80 Å². The van der Waals surface area contributed by atoms with E-state index in [0.717, 1.165) is 45.2 Å². The zero-order chi connectivity index (χ0) is 23.7. The van der Waals surface area contributed by atoms with Crippen molar-refractivity contribution in [1.29, 1.82) is 0 Å². The third kappa shape index (κ3) is 4.53. The van der Waals surface area contributed by atoms with E-state index in [1.807, 2.05) is 6.08 Å². The normalized spacial score (nSPS) is 19.6. The van der Waals surface area contributed by atoms with Gasteiger partial charge in [0, 0.05) is 67.8 Å². The minimum atomic E-state index is -0.163. The zero-order valence-corrected chi connectivity index (χ0v) is 20.2. The number of fused-ring (bicyclic) bond motifs is 2. The number of benzene rings is 1. The number of nitrogens with zero attached hydrogens (tertiary/aromatic N) is 3. The summed E-state index contributed by atoms with van der Waals surface area (Å²) in [6, 6.07) is 5.96. The van der Waals surface area contributed by atoms with Gasteiger partial charge in [-0.1, -0.05) is 37.5 Å². The second-order valence-electron chi connectivity index (χ2n) is 10.1. The summed E-state index contributed by atoms with van der Waals surface area (Å²) >= 11 is 0. The minimum Gasteiger partial charge on any atom is -0.311 e. The molecule has 1 saturated carbocycles. The first-order valence-electron chi connectivity index (χ1n) is 12.9. The lowest BCUT2D eigenvalue weighted by atomic mass is 9.94. The summed E-state index contributed by atoms with van der Waals surface area (Å²) in [5, 5.41) is 0.486.